The molecule has 150 valence electrons. The predicted octanol–water partition coefficient (Wildman–Crippen LogP) is 3.43. The Labute approximate surface area is 174 Å². The first-order valence-corrected chi connectivity index (χ1v) is 10.0. The number of para-hydroxylation sites is 1. The van der Waals surface area contributed by atoms with E-state index < -0.39 is 0 Å². The quantitative estimate of drug-likeness (QED) is 0.525. The van der Waals surface area contributed by atoms with Gasteiger partial charge in [-0.05, 0) is 24.3 Å². The van der Waals surface area contributed by atoms with Crippen LogP contribution in [0.15, 0.2) is 54.6 Å². The van der Waals surface area contributed by atoms with Crippen LogP contribution in [0.2, 0.25) is 0 Å². The molecule has 0 unspecified atom stereocenters. The molecule has 7 heteroatoms. The van der Waals surface area contributed by atoms with Crippen molar-refractivity contribution >= 4 is 28.9 Å². The first kappa shape index (κ1) is 18.4. The molecular formula is C23H22N6O. The van der Waals surface area contributed by atoms with Crippen molar-refractivity contribution in [2.24, 2.45) is 7.05 Å². The maximum atomic E-state index is 5.50. The third-order valence-corrected chi connectivity index (χ3v) is 5.12. The molecule has 2 aromatic heterocycles. The molecule has 0 atom stereocenters. The largest absolute Gasteiger partial charge is 0.378 e. The first-order valence-electron chi connectivity index (χ1n) is 10.0. The monoisotopic (exact) mass is 398 g/mol. The molecule has 0 bridgehead atoms. The number of morpholine rings is 1. The van der Waals surface area contributed by atoms with Gasteiger partial charge in [0.1, 0.15) is 5.82 Å². The summed E-state index contributed by atoms with van der Waals surface area (Å²) in [4.78, 5) is 16.5. The van der Waals surface area contributed by atoms with Crippen LogP contribution in [0.5, 0.6) is 0 Å². The standard InChI is InChI=1S/C23H22N6O/c1-28-21(26-22(27-28)17-7-3-2-4-8-17)12-11-20-24-19-10-6-5-9-18(19)23(25-20)29-13-15-30-16-14-29/h2-12H,13-16H2,1H3/b12-11+. The minimum absolute atomic E-state index is 0.652. The van der Waals surface area contributed by atoms with Gasteiger partial charge in [0.15, 0.2) is 17.5 Å². The molecule has 0 aliphatic carbocycles. The highest BCUT2D eigenvalue weighted by atomic mass is 16.5. The number of aryl methyl sites for hydroxylation is 1. The van der Waals surface area contributed by atoms with Crippen LogP contribution in [0.25, 0.3) is 34.4 Å². The lowest BCUT2D eigenvalue weighted by molar-refractivity contribution is 0.122. The zero-order chi connectivity index (χ0) is 20.3. The Morgan fingerprint density at radius 3 is 2.47 bits per heavy atom. The van der Waals surface area contributed by atoms with E-state index >= 15 is 0 Å². The number of aromatic nitrogens is 5. The van der Waals surface area contributed by atoms with Crippen LogP contribution in [-0.2, 0) is 11.8 Å². The van der Waals surface area contributed by atoms with Crippen LogP contribution >= 0.6 is 0 Å². The fourth-order valence-corrected chi connectivity index (χ4v) is 3.57. The van der Waals surface area contributed by atoms with Gasteiger partial charge in [0, 0.05) is 31.1 Å². The summed E-state index contributed by atoms with van der Waals surface area (Å²) in [5, 5.41) is 5.58. The SMILES string of the molecule is Cn1nc(-c2ccccc2)nc1/C=C/c1nc(N2CCOCC2)c2ccccc2n1. The molecule has 5 rings (SSSR count). The van der Waals surface area contributed by atoms with E-state index in [1.54, 1.807) is 4.68 Å². The Morgan fingerprint density at radius 2 is 1.63 bits per heavy atom. The molecule has 0 amide bonds. The summed E-state index contributed by atoms with van der Waals surface area (Å²) in [5.74, 6) is 3.05. The van der Waals surface area contributed by atoms with Gasteiger partial charge < -0.3 is 9.64 Å². The molecule has 2 aromatic carbocycles. The molecule has 4 aromatic rings. The van der Waals surface area contributed by atoms with Crippen LogP contribution in [0.1, 0.15) is 11.6 Å². The summed E-state index contributed by atoms with van der Waals surface area (Å²) >= 11 is 0. The van der Waals surface area contributed by atoms with Crippen LogP contribution in [0.4, 0.5) is 5.82 Å². The van der Waals surface area contributed by atoms with E-state index in [4.69, 9.17) is 14.7 Å². The molecule has 30 heavy (non-hydrogen) atoms. The van der Waals surface area contributed by atoms with Gasteiger partial charge in [0.25, 0.3) is 0 Å². The average Bonchev–Trinajstić information content (AvgIpc) is 3.19. The summed E-state index contributed by atoms with van der Waals surface area (Å²) in [5.41, 5.74) is 1.92. The number of hydrogen-bond donors (Lipinski definition) is 0. The Balaban J connectivity index is 1.50. The number of rotatable bonds is 4. The summed E-state index contributed by atoms with van der Waals surface area (Å²) < 4.78 is 7.27. The lowest BCUT2D eigenvalue weighted by atomic mass is 10.2. The Kier molecular flexibility index (Phi) is 4.94. The van der Waals surface area contributed by atoms with Crippen molar-refractivity contribution in [2.75, 3.05) is 31.2 Å². The first-order chi connectivity index (χ1) is 14.8. The van der Waals surface area contributed by atoms with E-state index in [2.05, 4.69) is 21.0 Å². The summed E-state index contributed by atoms with van der Waals surface area (Å²) in [6, 6.07) is 18.1. The number of benzene rings is 2. The van der Waals surface area contributed by atoms with Crippen molar-refractivity contribution in [3.63, 3.8) is 0 Å². The van der Waals surface area contributed by atoms with Gasteiger partial charge in [-0.1, -0.05) is 42.5 Å². The van der Waals surface area contributed by atoms with Crippen molar-refractivity contribution in [3.05, 3.63) is 66.2 Å². The Hall–Kier alpha value is -3.58. The van der Waals surface area contributed by atoms with E-state index in [-0.39, 0.29) is 0 Å². The number of nitrogens with zero attached hydrogens (tertiary/aromatic N) is 6. The maximum Gasteiger partial charge on any atom is 0.181 e. The van der Waals surface area contributed by atoms with Crippen molar-refractivity contribution < 1.29 is 4.74 Å². The molecule has 1 saturated heterocycles. The molecule has 0 N–H and O–H groups in total. The van der Waals surface area contributed by atoms with Gasteiger partial charge in [0.2, 0.25) is 0 Å². The lowest BCUT2D eigenvalue weighted by Crippen LogP contribution is -2.37. The van der Waals surface area contributed by atoms with Crippen molar-refractivity contribution in [2.45, 2.75) is 0 Å². The Morgan fingerprint density at radius 1 is 0.867 bits per heavy atom. The second-order valence-electron chi connectivity index (χ2n) is 7.14. The molecule has 7 nitrogen and oxygen atoms in total. The topological polar surface area (TPSA) is 69.0 Å². The highest BCUT2D eigenvalue weighted by Gasteiger charge is 2.16. The van der Waals surface area contributed by atoms with E-state index in [9.17, 15) is 0 Å². The normalized spacial score (nSPS) is 14.6. The lowest BCUT2D eigenvalue weighted by Gasteiger charge is -2.28. The van der Waals surface area contributed by atoms with Crippen molar-refractivity contribution in [1.82, 2.24) is 24.7 Å². The smallest absolute Gasteiger partial charge is 0.181 e. The Bertz CT molecular complexity index is 1200. The van der Waals surface area contributed by atoms with E-state index in [0.29, 0.717) is 24.9 Å². The van der Waals surface area contributed by atoms with Gasteiger partial charge in [0.05, 0.1) is 18.7 Å². The molecule has 3 heterocycles. The molecule has 0 saturated carbocycles. The number of ether oxygens (including phenoxy) is 1. The molecule has 1 aliphatic rings. The highest BCUT2D eigenvalue weighted by molar-refractivity contribution is 5.90. The van der Waals surface area contributed by atoms with Crippen LogP contribution < -0.4 is 4.90 Å². The second kappa shape index (κ2) is 8.04. The highest BCUT2D eigenvalue weighted by Crippen LogP contribution is 2.25. The van der Waals surface area contributed by atoms with Gasteiger partial charge in [-0.15, -0.1) is 0 Å². The van der Waals surface area contributed by atoms with Crippen LogP contribution in [-0.4, -0.2) is 51.0 Å². The number of anilines is 1. The van der Waals surface area contributed by atoms with Crippen molar-refractivity contribution in [1.29, 1.82) is 0 Å². The predicted molar refractivity (Wildman–Crippen MR) is 118 cm³/mol. The van der Waals surface area contributed by atoms with Gasteiger partial charge in [-0.3, -0.25) is 0 Å². The molecule has 0 spiro atoms. The second-order valence-corrected chi connectivity index (χ2v) is 7.14. The maximum absolute atomic E-state index is 5.50. The number of hydrogen-bond acceptors (Lipinski definition) is 6. The van der Waals surface area contributed by atoms with E-state index in [0.717, 1.165) is 41.2 Å². The summed E-state index contributed by atoms with van der Waals surface area (Å²) in [6.45, 7) is 3.08. The number of fused-ring (bicyclic) bond motifs is 1. The third-order valence-electron chi connectivity index (χ3n) is 5.12. The zero-order valence-corrected chi connectivity index (χ0v) is 16.8. The fourth-order valence-electron chi connectivity index (χ4n) is 3.57. The van der Waals surface area contributed by atoms with Crippen molar-refractivity contribution in [3.8, 4) is 11.4 Å². The fraction of sp³-hybridized carbons (Fsp3) is 0.217. The minimum atomic E-state index is 0.652. The van der Waals surface area contributed by atoms with Gasteiger partial charge in [-0.25, -0.2) is 19.6 Å². The van der Waals surface area contributed by atoms with Gasteiger partial charge in [-0.2, -0.15) is 5.10 Å². The summed E-state index contributed by atoms with van der Waals surface area (Å²) in [6.07, 6.45) is 3.81. The molecule has 0 radical (unpaired) electrons. The minimum Gasteiger partial charge on any atom is -0.378 e. The third kappa shape index (κ3) is 3.67. The molecule has 1 aliphatic heterocycles. The van der Waals surface area contributed by atoms with Gasteiger partial charge >= 0.3 is 0 Å². The van der Waals surface area contributed by atoms with Crippen LogP contribution in [0, 0.1) is 0 Å². The summed E-state index contributed by atoms with van der Waals surface area (Å²) in [7, 11) is 1.89. The van der Waals surface area contributed by atoms with E-state index in [1.807, 2.05) is 67.7 Å². The molecular weight excluding hydrogens is 376 g/mol. The average molecular weight is 398 g/mol. The molecule has 1 fully saturated rings. The zero-order valence-electron chi connectivity index (χ0n) is 16.8. The van der Waals surface area contributed by atoms with Crippen LogP contribution in [0.3, 0.4) is 0 Å². The van der Waals surface area contributed by atoms with E-state index in [1.165, 1.54) is 0 Å².